The Bertz CT molecular complexity index is 659. The zero-order valence-electron chi connectivity index (χ0n) is 11.2. The molecule has 0 unspecified atom stereocenters. The summed E-state index contributed by atoms with van der Waals surface area (Å²) in [5.41, 5.74) is 11.7. The second kappa shape index (κ2) is 5.83. The van der Waals surface area contributed by atoms with Crippen LogP contribution < -0.4 is 11.2 Å². The molecule has 20 heavy (non-hydrogen) atoms. The first-order valence-corrected chi connectivity index (χ1v) is 6.43. The molecular weight excluding hydrogens is 275 g/mol. The Kier molecular flexibility index (Phi) is 4.14. The van der Waals surface area contributed by atoms with Gasteiger partial charge in [-0.2, -0.15) is 5.10 Å². The van der Waals surface area contributed by atoms with E-state index in [-0.39, 0.29) is 10.9 Å². The first-order chi connectivity index (χ1) is 9.49. The second-order valence-electron chi connectivity index (χ2n) is 4.37. The summed E-state index contributed by atoms with van der Waals surface area (Å²) in [5.74, 6) is -0.251. The molecule has 0 saturated heterocycles. The number of hydrogen-bond donors (Lipinski definition) is 2. The van der Waals surface area contributed by atoms with Crippen LogP contribution in [0.1, 0.15) is 17.0 Å². The van der Waals surface area contributed by atoms with Crippen molar-refractivity contribution in [2.45, 2.75) is 13.8 Å². The minimum atomic E-state index is -0.251. The maximum Gasteiger partial charge on any atom is 0.184 e. The lowest BCUT2D eigenvalue weighted by atomic mass is 10.2. The molecule has 0 aliphatic carbocycles. The van der Waals surface area contributed by atoms with E-state index in [2.05, 4.69) is 22.7 Å². The third kappa shape index (κ3) is 3.03. The van der Waals surface area contributed by atoms with Gasteiger partial charge in [-0.1, -0.05) is 0 Å². The first-order valence-electron chi connectivity index (χ1n) is 6.02. The van der Waals surface area contributed by atoms with E-state index < -0.39 is 0 Å². The van der Waals surface area contributed by atoms with Gasteiger partial charge in [0, 0.05) is 22.6 Å². The molecule has 0 spiro atoms. The molecule has 1 aromatic heterocycles. The van der Waals surface area contributed by atoms with Crippen LogP contribution in [0.5, 0.6) is 0 Å². The number of rotatable bonds is 3. The third-order valence-corrected chi connectivity index (χ3v) is 3.02. The molecule has 0 aliphatic rings. The van der Waals surface area contributed by atoms with Crippen molar-refractivity contribution in [2.75, 3.05) is 0 Å². The summed E-state index contributed by atoms with van der Waals surface area (Å²) in [6.45, 7) is 3.95. The number of hydrazone groups is 1. The largest absolute Gasteiger partial charge is 0.375 e. The smallest absolute Gasteiger partial charge is 0.184 e. The summed E-state index contributed by atoms with van der Waals surface area (Å²) in [6.07, 6.45) is 1.65. The molecule has 0 aliphatic heterocycles. The average molecular weight is 290 g/mol. The number of aryl methyl sites for hydroxylation is 1. The molecule has 2 aromatic rings. The first kappa shape index (κ1) is 14.2. The zero-order chi connectivity index (χ0) is 14.7. The van der Waals surface area contributed by atoms with Crippen LogP contribution in [0.25, 0.3) is 5.69 Å². The SMILES string of the molecule is Cc1cc(C=NNC(N)=S)c(C)n1-c1ccc(F)cc1. The van der Waals surface area contributed by atoms with Crippen LogP contribution in [-0.2, 0) is 0 Å². The molecule has 3 N–H and O–H groups in total. The standard InChI is InChI=1S/C14H15FN4S/c1-9-7-11(8-17-18-14(16)20)10(2)19(9)13-5-3-12(15)4-6-13/h3-8H,1-2H3,(H3,16,18,20). The summed E-state index contributed by atoms with van der Waals surface area (Å²) in [5, 5.41) is 4.07. The fourth-order valence-electron chi connectivity index (χ4n) is 2.07. The Labute approximate surface area is 122 Å². The highest BCUT2D eigenvalue weighted by atomic mass is 32.1. The van der Waals surface area contributed by atoms with Gasteiger partial charge in [-0.15, -0.1) is 0 Å². The minimum absolute atomic E-state index is 0.119. The van der Waals surface area contributed by atoms with E-state index >= 15 is 0 Å². The molecule has 0 amide bonds. The van der Waals surface area contributed by atoms with Crippen molar-refractivity contribution >= 4 is 23.5 Å². The van der Waals surface area contributed by atoms with Crippen molar-refractivity contribution < 1.29 is 4.39 Å². The zero-order valence-corrected chi connectivity index (χ0v) is 12.0. The molecule has 1 aromatic carbocycles. The highest BCUT2D eigenvalue weighted by Crippen LogP contribution is 2.19. The van der Waals surface area contributed by atoms with Gasteiger partial charge in [0.15, 0.2) is 5.11 Å². The maximum atomic E-state index is 13.0. The van der Waals surface area contributed by atoms with Gasteiger partial charge in [-0.05, 0) is 56.4 Å². The predicted molar refractivity (Wildman–Crippen MR) is 82.7 cm³/mol. The van der Waals surface area contributed by atoms with Crippen molar-refractivity contribution in [1.82, 2.24) is 9.99 Å². The number of hydrogen-bond acceptors (Lipinski definition) is 2. The summed E-state index contributed by atoms with van der Waals surface area (Å²) in [6, 6.07) is 8.35. The van der Waals surface area contributed by atoms with E-state index in [4.69, 9.17) is 5.73 Å². The summed E-state index contributed by atoms with van der Waals surface area (Å²) in [4.78, 5) is 0. The topological polar surface area (TPSA) is 55.3 Å². The average Bonchev–Trinajstić information content (AvgIpc) is 2.66. The molecule has 2 rings (SSSR count). The fraction of sp³-hybridized carbons (Fsp3) is 0.143. The quantitative estimate of drug-likeness (QED) is 0.518. The van der Waals surface area contributed by atoms with Crippen LogP contribution in [0.15, 0.2) is 35.4 Å². The molecule has 4 nitrogen and oxygen atoms in total. The molecule has 6 heteroatoms. The van der Waals surface area contributed by atoms with Crippen LogP contribution in [0, 0.1) is 19.7 Å². The fourth-order valence-corrected chi connectivity index (χ4v) is 2.12. The number of nitrogens with zero attached hydrogens (tertiary/aromatic N) is 2. The number of thiocarbonyl (C=S) groups is 1. The van der Waals surface area contributed by atoms with Gasteiger partial charge in [-0.3, -0.25) is 5.43 Å². The van der Waals surface area contributed by atoms with Gasteiger partial charge >= 0.3 is 0 Å². The van der Waals surface area contributed by atoms with Gasteiger partial charge in [0.2, 0.25) is 0 Å². The number of nitrogens with one attached hydrogen (secondary N) is 1. The Balaban J connectivity index is 2.36. The van der Waals surface area contributed by atoms with Gasteiger partial charge < -0.3 is 10.3 Å². The van der Waals surface area contributed by atoms with E-state index in [0.29, 0.717) is 0 Å². The Morgan fingerprint density at radius 2 is 2.00 bits per heavy atom. The van der Waals surface area contributed by atoms with Crippen molar-refractivity contribution in [3.8, 4) is 5.69 Å². The molecule has 0 fully saturated rings. The van der Waals surface area contributed by atoms with Gasteiger partial charge in [-0.25, -0.2) is 4.39 Å². The normalized spacial score (nSPS) is 10.9. The number of nitrogens with two attached hydrogens (primary N) is 1. The molecular formula is C14H15FN4S. The van der Waals surface area contributed by atoms with E-state index in [1.165, 1.54) is 12.1 Å². The van der Waals surface area contributed by atoms with Crippen LogP contribution in [0.4, 0.5) is 4.39 Å². The monoisotopic (exact) mass is 290 g/mol. The molecule has 0 saturated carbocycles. The predicted octanol–water partition coefficient (Wildman–Crippen LogP) is 2.40. The maximum absolute atomic E-state index is 13.0. The second-order valence-corrected chi connectivity index (χ2v) is 4.81. The third-order valence-electron chi connectivity index (χ3n) is 2.93. The highest BCUT2D eigenvalue weighted by molar-refractivity contribution is 7.80. The Morgan fingerprint density at radius 1 is 1.35 bits per heavy atom. The molecule has 1 heterocycles. The summed E-state index contributed by atoms with van der Waals surface area (Å²) in [7, 11) is 0. The lowest BCUT2D eigenvalue weighted by Gasteiger charge is -2.09. The van der Waals surface area contributed by atoms with Gasteiger partial charge in [0.25, 0.3) is 0 Å². The van der Waals surface area contributed by atoms with E-state index in [0.717, 1.165) is 22.6 Å². The van der Waals surface area contributed by atoms with Crippen LogP contribution in [-0.4, -0.2) is 15.9 Å². The number of aromatic nitrogens is 1. The minimum Gasteiger partial charge on any atom is -0.375 e. The van der Waals surface area contributed by atoms with Crippen LogP contribution >= 0.6 is 12.2 Å². The number of halogens is 1. The molecule has 0 atom stereocenters. The van der Waals surface area contributed by atoms with E-state index in [1.807, 2.05) is 24.5 Å². The van der Waals surface area contributed by atoms with Crippen LogP contribution in [0.2, 0.25) is 0 Å². The molecule has 104 valence electrons. The van der Waals surface area contributed by atoms with Crippen molar-refractivity contribution in [3.05, 3.63) is 53.1 Å². The lowest BCUT2D eigenvalue weighted by Crippen LogP contribution is -2.24. The summed E-state index contributed by atoms with van der Waals surface area (Å²) < 4.78 is 15.0. The van der Waals surface area contributed by atoms with Crippen molar-refractivity contribution in [2.24, 2.45) is 10.8 Å². The van der Waals surface area contributed by atoms with Crippen LogP contribution in [0.3, 0.4) is 0 Å². The Morgan fingerprint density at radius 3 is 2.60 bits per heavy atom. The molecule has 0 radical (unpaired) electrons. The highest BCUT2D eigenvalue weighted by Gasteiger charge is 2.09. The van der Waals surface area contributed by atoms with E-state index in [1.54, 1.807) is 18.3 Å². The number of benzene rings is 1. The van der Waals surface area contributed by atoms with Gasteiger partial charge in [0.1, 0.15) is 5.82 Å². The summed E-state index contributed by atoms with van der Waals surface area (Å²) >= 11 is 4.68. The Hall–Kier alpha value is -2.21. The van der Waals surface area contributed by atoms with Gasteiger partial charge in [0.05, 0.1) is 6.21 Å². The van der Waals surface area contributed by atoms with Crippen molar-refractivity contribution in [1.29, 1.82) is 0 Å². The van der Waals surface area contributed by atoms with E-state index in [9.17, 15) is 4.39 Å². The van der Waals surface area contributed by atoms with Crippen molar-refractivity contribution in [3.63, 3.8) is 0 Å². The molecule has 0 bridgehead atoms. The lowest BCUT2D eigenvalue weighted by molar-refractivity contribution is 0.627.